The number of aryl methyl sites for hydroxylation is 1. The molecule has 0 fully saturated rings. The molecular formula is C23H26N4O. The minimum absolute atomic E-state index is 0.249. The van der Waals surface area contributed by atoms with Crippen LogP contribution in [0.4, 0.5) is 17.3 Å². The van der Waals surface area contributed by atoms with Crippen LogP contribution in [0.5, 0.6) is 0 Å². The zero-order chi connectivity index (χ0) is 20.1. The highest BCUT2D eigenvalue weighted by atomic mass is 16.1. The lowest BCUT2D eigenvalue weighted by Gasteiger charge is -2.21. The van der Waals surface area contributed by atoms with Crippen molar-refractivity contribution >= 4 is 23.2 Å². The SMILES string of the molecule is CCN(c1cccc(C)c1)c1nccc(C(=O)Nc2ccc(C(C)C)cc2)n1. The Kier molecular flexibility index (Phi) is 6.04. The van der Waals surface area contributed by atoms with Crippen molar-refractivity contribution in [2.75, 3.05) is 16.8 Å². The van der Waals surface area contributed by atoms with Crippen LogP contribution in [0.1, 0.15) is 48.3 Å². The first-order valence-electron chi connectivity index (χ1n) is 9.56. The van der Waals surface area contributed by atoms with Crippen molar-refractivity contribution in [3.05, 3.63) is 77.6 Å². The predicted molar refractivity (Wildman–Crippen MR) is 114 cm³/mol. The Morgan fingerprint density at radius 3 is 2.50 bits per heavy atom. The molecule has 0 bridgehead atoms. The molecule has 1 N–H and O–H groups in total. The van der Waals surface area contributed by atoms with Gasteiger partial charge in [-0.3, -0.25) is 4.79 Å². The fourth-order valence-corrected chi connectivity index (χ4v) is 2.99. The number of hydrogen-bond acceptors (Lipinski definition) is 4. The Bertz CT molecular complexity index is 951. The van der Waals surface area contributed by atoms with Crippen LogP contribution in [0.15, 0.2) is 60.8 Å². The van der Waals surface area contributed by atoms with Gasteiger partial charge in [-0.15, -0.1) is 0 Å². The molecule has 0 atom stereocenters. The van der Waals surface area contributed by atoms with E-state index in [2.05, 4.69) is 35.2 Å². The lowest BCUT2D eigenvalue weighted by molar-refractivity contribution is 0.102. The summed E-state index contributed by atoms with van der Waals surface area (Å²) in [5, 5.41) is 2.91. The molecule has 0 spiro atoms. The van der Waals surface area contributed by atoms with Crippen molar-refractivity contribution in [3.63, 3.8) is 0 Å². The first-order valence-corrected chi connectivity index (χ1v) is 9.56. The molecule has 144 valence electrons. The van der Waals surface area contributed by atoms with Crippen molar-refractivity contribution < 1.29 is 4.79 Å². The van der Waals surface area contributed by atoms with Gasteiger partial charge in [-0.25, -0.2) is 9.97 Å². The van der Waals surface area contributed by atoms with E-state index in [-0.39, 0.29) is 5.91 Å². The third-order valence-corrected chi connectivity index (χ3v) is 4.58. The molecule has 0 saturated carbocycles. The van der Waals surface area contributed by atoms with Crippen LogP contribution >= 0.6 is 0 Å². The summed E-state index contributed by atoms with van der Waals surface area (Å²) in [6, 6.07) is 17.7. The molecule has 1 heterocycles. The Balaban J connectivity index is 1.80. The second-order valence-electron chi connectivity index (χ2n) is 7.06. The number of anilines is 3. The molecule has 0 aliphatic heterocycles. The number of rotatable bonds is 6. The topological polar surface area (TPSA) is 58.1 Å². The van der Waals surface area contributed by atoms with Crippen molar-refractivity contribution in [2.45, 2.75) is 33.6 Å². The molecule has 3 rings (SSSR count). The molecular weight excluding hydrogens is 348 g/mol. The quantitative estimate of drug-likeness (QED) is 0.634. The monoisotopic (exact) mass is 374 g/mol. The summed E-state index contributed by atoms with van der Waals surface area (Å²) in [4.78, 5) is 23.5. The van der Waals surface area contributed by atoms with Crippen LogP contribution in [0, 0.1) is 6.92 Å². The van der Waals surface area contributed by atoms with Crippen LogP contribution in [0.25, 0.3) is 0 Å². The van der Waals surface area contributed by atoms with Gasteiger partial charge in [0, 0.05) is 24.1 Å². The molecule has 0 unspecified atom stereocenters. The van der Waals surface area contributed by atoms with E-state index in [0.29, 0.717) is 24.1 Å². The van der Waals surface area contributed by atoms with Crippen LogP contribution in [-0.2, 0) is 0 Å². The van der Waals surface area contributed by atoms with Crippen molar-refractivity contribution in [1.29, 1.82) is 0 Å². The summed E-state index contributed by atoms with van der Waals surface area (Å²) < 4.78 is 0. The highest BCUT2D eigenvalue weighted by molar-refractivity contribution is 6.03. The van der Waals surface area contributed by atoms with E-state index in [9.17, 15) is 4.79 Å². The minimum Gasteiger partial charge on any atom is -0.321 e. The van der Waals surface area contributed by atoms with Gasteiger partial charge in [-0.2, -0.15) is 0 Å². The summed E-state index contributed by atoms with van der Waals surface area (Å²) in [5.74, 6) is 0.716. The normalized spacial score (nSPS) is 10.8. The molecule has 1 aromatic heterocycles. The van der Waals surface area contributed by atoms with Gasteiger partial charge in [-0.1, -0.05) is 38.1 Å². The zero-order valence-corrected chi connectivity index (χ0v) is 16.8. The lowest BCUT2D eigenvalue weighted by Crippen LogP contribution is -2.21. The Morgan fingerprint density at radius 2 is 1.86 bits per heavy atom. The van der Waals surface area contributed by atoms with Gasteiger partial charge in [0.05, 0.1) is 0 Å². The number of hydrogen-bond donors (Lipinski definition) is 1. The summed E-state index contributed by atoms with van der Waals surface area (Å²) in [6.45, 7) is 9.07. The highest BCUT2D eigenvalue weighted by Gasteiger charge is 2.14. The molecule has 2 aromatic carbocycles. The maximum absolute atomic E-state index is 12.7. The largest absolute Gasteiger partial charge is 0.321 e. The molecule has 0 radical (unpaired) electrons. The Morgan fingerprint density at radius 1 is 1.11 bits per heavy atom. The number of carbonyl (C=O) groups excluding carboxylic acids is 1. The van der Waals surface area contributed by atoms with Gasteiger partial charge in [0.2, 0.25) is 5.95 Å². The number of aromatic nitrogens is 2. The van der Waals surface area contributed by atoms with Gasteiger partial charge < -0.3 is 10.2 Å². The van der Waals surface area contributed by atoms with Gasteiger partial charge in [0.15, 0.2) is 0 Å². The van der Waals surface area contributed by atoms with E-state index in [1.807, 2.05) is 61.2 Å². The van der Waals surface area contributed by atoms with E-state index in [1.165, 1.54) is 5.56 Å². The number of nitrogens with zero attached hydrogens (tertiary/aromatic N) is 3. The molecule has 0 saturated heterocycles. The molecule has 0 aliphatic rings. The second kappa shape index (κ2) is 8.65. The molecule has 5 heteroatoms. The van der Waals surface area contributed by atoms with Crippen molar-refractivity contribution in [3.8, 4) is 0 Å². The summed E-state index contributed by atoms with van der Waals surface area (Å²) in [7, 11) is 0. The third-order valence-electron chi connectivity index (χ3n) is 4.58. The first-order chi connectivity index (χ1) is 13.5. The first kappa shape index (κ1) is 19.5. The average molecular weight is 374 g/mol. The number of amides is 1. The van der Waals surface area contributed by atoms with E-state index in [0.717, 1.165) is 16.9 Å². The van der Waals surface area contributed by atoms with Crippen LogP contribution in [0.3, 0.4) is 0 Å². The van der Waals surface area contributed by atoms with E-state index in [4.69, 9.17) is 0 Å². The zero-order valence-electron chi connectivity index (χ0n) is 16.8. The Labute approximate surface area is 166 Å². The van der Waals surface area contributed by atoms with E-state index < -0.39 is 0 Å². The molecule has 5 nitrogen and oxygen atoms in total. The van der Waals surface area contributed by atoms with Gasteiger partial charge in [-0.05, 0) is 61.2 Å². The molecule has 1 amide bonds. The molecule has 0 aliphatic carbocycles. The summed E-state index contributed by atoms with van der Waals surface area (Å²) in [6.07, 6.45) is 1.62. The number of nitrogens with one attached hydrogen (secondary N) is 1. The highest BCUT2D eigenvalue weighted by Crippen LogP contribution is 2.23. The summed E-state index contributed by atoms with van der Waals surface area (Å²) in [5.41, 5.74) is 4.49. The second-order valence-corrected chi connectivity index (χ2v) is 7.06. The number of carbonyl (C=O) groups is 1. The van der Waals surface area contributed by atoms with Gasteiger partial charge >= 0.3 is 0 Å². The molecule has 28 heavy (non-hydrogen) atoms. The minimum atomic E-state index is -0.249. The van der Waals surface area contributed by atoms with E-state index in [1.54, 1.807) is 12.3 Å². The smallest absolute Gasteiger partial charge is 0.274 e. The maximum atomic E-state index is 12.7. The predicted octanol–water partition coefficient (Wildman–Crippen LogP) is 5.32. The van der Waals surface area contributed by atoms with Crippen molar-refractivity contribution in [2.24, 2.45) is 0 Å². The standard InChI is InChI=1S/C23H26N4O/c1-5-27(20-8-6-7-17(4)15-20)23-24-14-13-21(26-23)22(28)25-19-11-9-18(10-12-19)16(2)3/h6-16H,5H2,1-4H3,(H,25,28). The fraction of sp³-hybridized carbons (Fsp3) is 0.261. The van der Waals surface area contributed by atoms with Crippen LogP contribution in [0.2, 0.25) is 0 Å². The summed E-state index contributed by atoms with van der Waals surface area (Å²) >= 11 is 0. The number of benzene rings is 2. The van der Waals surface area contributed by atoms with E-state index >= 15 is 0 Å². The maximum Gasteiger partial charge on any atom is 0.274 e. The van der Waals surface area contributed by atoms with Crippen LogP contribution < -0.4 is 10.2 Å². The lowest BCUT2D eigenvalue weighted by atomic mass is 10.0. The average Bonchev–Trinajstić information content (AvgIpc) is 2.69. The Hall–Kier alpha value is -3.21. The van der Waals surface area contributed by atoms with Crippen LogP contribution in [-0.4, -0.2) is 22.4 Å². The van der Waals surface area contributed by atoms with Crippen molar-refractivity contribution in [1.82, 2.24) is 9.97 Å². The van der Waals surface area contributed by atoms with Gasteiger partial charge in [0.1, 0.15) is 5.69 Å². The third kappa shape index (κ3) is 4.55. The van der Waals surface area contributed by atoms with Gasteiger partial charge in [0.25, 0.3) is 5.91 Å². The molecule has 3 aromatic rings. The fourth-order valence-electron chi connectivity index (χ4n) is 2.99.